The molecule has 1 saturated heterocycles. The van der Waals surface area contributed by atoms with E-state index in [1.165, 1.54) is 16.9 Å². The van der Waals surface area contributed by atoms with Gasteiger partial charge in [0.1, 0.15) is 11.4 Å². The first kappa shape index (κ1) is 22.7. The van der Waals surface area contributed by atoms with Crippen LogP contribution in [-0.4, -0.2) is 54.6 Å². The lowest BCUT2D eigenvalue weighted by Gasteiger charge is -2.30. The number of carbonyl (C=O) groups excluding carboxylic acids is 1. The molecule has 0 atom stereocenters. The summed E-state index contributed by atoms with van der Waals surface area (Å²) in [6.45, 7) is 3.52. The second kappa shape index (κ2) is 9.28. The summed E-state index contributed by atoms with van der Waals surface area (Å²) >= 11 is 0. The molecular formula is C23H29F2N7O2. The molecule has 11 heteroatoms. The fourth-order valence-electron chi connectivity index (χ4n) is 4.84. The number of fused-ring (bicyclic) bond motifs is 1. The molecule has 9 nitrogen and oxygen atoms in total. The van der Waals surface area contributed by atoms with Crippen molar-refractivity contribution in [2.75, 3.05) is 23.3 Å². The van der Waals surface area contributed by atoms with Crippen molar-refractivity contribution >= 4 is 23.1 Å². The Labute approximate surface area is 195 Å². The van der Waals surface area contributed by atoms with Crippen molar-refractivity contribution in [3.8, 4) is 0 Å². The summed E-state index contributed by atoms with van der Waals surface area (Å²) in [7, 11) is 0. The number of nitrogens with zero attached hydrogens (tertiary/aromatic N) is 6. The number of aliphatic hydroxyl groups is 1. The summed E-state index contributed by atoms with van der Waals surface area (Å²) in [4.78, 5) is 19.7. The third kappa shape index (κ3) is 4.48. The molecule has 0 bridgehead atoms. The molecule has 3 aromatic rings. The summed E-state index contributed by atoms with van der Waals surface area (Å²) in [5, 5.41) is 20.7. The van der Waals surface area contributed by atoms with Crippen LogP contribution < -0.4 is 10.2 Å². The van der Waals surface area contributed by atoms with Gasteiger partial charge in [-0.1, -0.05) is 6.92 Å². The van der Waals surface area contributed by atoms with E-state index >= 15 is 0 Å². The Morgan fingerprint density at radius 3 is 2.62 bits per heavy atom. The van der Waals surface area contributed by atoms with Gasteiger partial charge in [0, 0.05) is 25.5 Å². The first-order chi connectivity index (χ1) is 16.4. The Bertz CT molecular complexity index is 1160. The highest BCUT2D eigenvalue weighted by atomic mass is 19.3. The van der Waals surface area contributed by atoms with Crippen LogP contribution in [-0.2, 0) is 0 Å². The Balaban J connectivity index is 1.38. The minimum absolute atomic E-state index is 0.0131. The maximum Gasteiger partial charge on any atom is 0.284 e. The molecule has 34 heavy (non-hydrogen) atoms. The van der Waals surface area contributed by atoms with E-state index in [-0.39, 0.29) is 23.4 Å². The second-order valence-corrected chi connectivity index (χ2v) is 9.41. The molecule has 1 amide bonds. The van der Waals surface area contributed by atoms with E-state index in [2.05, 4.69) is 27.4 Å². The van der Waals surface area contributed by atoms with E-state index in [4.69, 9.17) is 0 Å². The number of aliphatic hydroxyl groups excluding tert-OH is 1. The van der Waals surface area contributed by atoms with Crippen LogP contribution in [0.25, 0.3) is 5.65 Å². The zero-order valence-electron chi connectivity index (χ0n) is 19.1. The molecule has 1 aliphatic carbocycles. The van der Waals surface area contributed by atoms with Crippen molar-refractivity contribution in [3.05, 3.63) is 35.9 Å². The molecule has 0 spiro atoms. The molecule has 1 aliphatic heterocycles. The lowest BCUT2D eigenvalue weighted by atomic mass is 9.87. The van der Waals surface area contributed by atoms with E-state index in [0.717, 1.165) is 25.7 Å². The minimum atomic E-state index is -2.80. The number of hydrogen-bond acceptors (Lipinski definition) is 6. The molecule has 0 radical (unpaired) electrons. The molecule has 2 aliphatic rings. The van der Waals surface area contributed by atoms with E-state index in [9.17, 15) is 18.7 Å². The highest BCUT2D eigenvalue weighted by molar-refractivity contribution is 6.08. The Kier molecular flexibility index (Phi) is 6.20. The van der Waals surface area contributed by atoms with Gasteiger partial charge in [-0.15, -0.1) is 0 Å². The fourth-order valence-corrected chi connectivity index (χ4v) is 4.84. The van der Waals surface area contributed by atoms with Gasteiger partial charge in [0.2, 0.25) is 0 Å². The van der Waals surface area contributed by atoms with Gasteiger partial charge in [-0.2, -0.15) is 10.2 Å². The molecule has 2 N–H and O–H groups in total. The summed E-state index contributed by atoms with van der Waals surface area (Å²) in [6.07, 6.45) is 6.64. The summed E-state index contributed by atoms with van der Waals surface area (Å²) in [5.74, 6) is 0.748. The highest BCUT2D eigenvalue weighted by Crippen LogP contribution is 2.34. The number of amides is 1. The standard InChI is InChI=1S/C23H29F2N7O2/c1-14-2-4-15(5-3-14)32-13-18(20(29-32)21(24)25)27-23(34)17-12-26-31-11-8-19(28-22(17)31)30-9-6-16(33)7-10-30/h8,11-16,21,33H,2-7,9-10H2,1H3,(H,27,34). The summed E-state index contributed by atoms with van der Waals surface area (Å²) in [5.41, 5.74) is 0.120. The van der Waals surface area contributed by atoms with E-state index in [1.807, 2.05) is 11.0 Å². The van der Waals surface area contributed by atoms with Crippen LogP contribution >= 0.6 is 0 Å². The van der Waals surface area contributed by atoms with Gasteiger partial charge in [-0.3, -0.25) is 9.48 Å². The number of anilines is 2. The molecule has 0 aromatic carbocycles. The van der Waals surface area contributed by atoms with Crippen molar-refractivity contribution in [3.63, 3.8) is 0 Å². The monoisotopic (exact) mass is 473 g/mol. The number of carbonyl (C=O) groups is 1. The second-order valence-electron chi connectivity index (χ2n) is 9.41. The van der Waals surface area contributed by atoms with Gasteiger partial charge < -0.3 is 15.3 Å². The number of alkyl halides is 2. The predicted molar refractivity (Wildman–Crippen MR) is 122 cm³/mol. The zero-order chi connectivity index (χ0) is 23.8. The summed E-state index contributed by atoms with van der Waals surface area (Å²) < 4.78 is 30.5. The van der Waals surface area contributed by atoms with Crippen LogP contribution in [0.1, 0.15) is 74.0 Å². The Morgan fingerprint density at radius 2 is 1.91 bits per heavy atom. The molecule has 182 valence electrons. The lowest BCUT2D eigenvalue weighted by Crippen LogP contribution is -2.36. The molecule has 4 heterocycles. The van der Waals surface area contributed by atoms with Gasteiger partial charge >= 0.3 is 0 Å². The largest absolute Gasteiger partial charge is 0.393 e. The van der Waals surface area contributed by atoms with Crippen LogP contribution in [0.15, 0.2) is 24.7 Å². The minimum Gasteiger partial charge on any atom is -0.393 e. The van der Waals surface area contributed by atoms with Crippen molar-refractivity contribution in [2.45, 2.75) is 64.0 Å². The van der Waals surface area contributed by atoms with Crippen LogP contribution in [0.5, 0.6) is 0 Å². The van der Waals surface area contributed by atoms with Gasteiger partial charge in [0.15, 0.2) is 11.3 Å². The average Bonchev–Trinajstić information content (AvgIpc) is 3.44. The van der Waals surface area contributed by atoms with E-state index in [0.29, 0.717) is 43.3 Å². The fraction of sp³-hybridized carbons (Fsp3) is 0.565. The lowest BCUT2D eigenvalue weighted by molar-refractivity contribution is 0.102. The summed E-state index contributed by atoms with van der Waals surface area (Å²) in [6, 6.07) is 1.87. The van der Waals surface area contributed by atoms with Gasteiger partial charge in [-0.05, 0) is 50.5 Å². The molecular weight excluding hydrogens is 444 g/mol. The van der Waals surface area contributed by atoms with Gasteiger partial charge in [0.25, 0.3) is 12.3 Å². The van der Waals surface area contributed by atoms with Crippen LogP contribution in [0.4, 0.5) is 20.3 Å². The normalized spacial score (nSPS) is 22.0. The van der Waals surface area contributed by atoms with Crippen molar-refractivity contribution in [2.24, 2.45) is 5.92 Å². The van der Waals surface area contributed by atoms with Crippen molar-refractivity contribution < 1.29 is 18.7 Å². The number of rotatable bonds is 5. The average molecular weight is 474 g/mol. The number of aromatic nitrogens is 5. The van der Waals surface area contributed by atoms with E-state index in [1.54, 1.807) is 10.9 Å². The van der Waals surface area contributed by atoms with Crippen molar-refractivity contribution in [1.29, 1.82) is 0 Å². The smallest absolute Gasteiger partial charge is 0.284 e. The number of nitrogens with one attached hydrogen (secondary N) is 1. The van der Waals surface area contributed by atoms with Crippen LogP contribution in [0.3, 0.4) is 0 Å². The van der Waals surface area contributed by atoms with Gasteiger partial charge in [-0.25, -0.2) is 18.3 Å². The number of hydrogen-bond donors (Lipinski definition) is 2. The van der Waals surface area contributed by atoms with E-state index < -0.39 is 18.0 Å². The zero-order valence-corrected chi connectivity index (χ0v) is 19.1. The quantitative estimate of drug-likeness (QED) is 0.584. The van der Waals surface area contributed by atoms with Gasteiger partial charge in [0.05, 0.1) is 24.0 Å². The highest BCUT2D eigenvalue weighted by Gasteiger charge is 2.27. The van der Waals surface area contributed by atoms with Crippen LogP contribution in [0, 0.1) is 5.92 Å². The predicted octanol–water partition coefficient (Wildman–Crippen LogP) is 3.83. The molecule has 0 unspecified atom stereocenters. The van der Waals surface area contributed by atoms with Crippen LogP contribution in [0.2, 0.25) is 0 Å². The molecule has 2 fully saturated rings. The third-order valence-electron chi connectivity index (χ3n) is 6.96. The Morgan fingerprint density at radius 1 is 1.18 bits per heavy atom. The van der Waals surface area contributed by atoms with Crippen molar-refractivity contribution in [1.82, 2.24) is 24.4 Å². The first-order valence-corrected chi connectivity index (χ1v) is 11.8. The maximum atomic E-state index is 13.7. The number of halogens is 2. The number of piperidine rings is 1. The molecule has 3 aromatic heterocycles. The molecule has 5 rings (SSSR count). The topological polar surface area (TPSA) is 101 Å². The molecule has 1 saturated carbocycles. The SMILES string of the molecule is CC1CCC(n2cc(NC(=O)c3cnn4ccc(N5CCC(O)CC5)nc34)c(C(F)F)n2)CC1. The third-order valence-corrected chi connectivity index (χ3v) is 6.96. The Hall–Kier alpha value is -3.08. The first-order valence-electron chi connectivity index (χ1n) is 11.8. The maximum absolute atomic E-state index is 13.7.